The molecule has 0 aliphatic heterocycles. The summed E-state index contributed by atoms with van der Waals surface area (Å²) >= 11 is 0. The summed E-state index contributed by atoms with van der Waals surface area (Å²) in [5.74, 6) is -1.80. The zero-order chi connectivity index (χ0) is 20.3. The molecule has 9 heteroatoms. The van der Waals surface area contributed by atoms with E-state index >= 15 is 0 Å². The third kappa shape index (κ3) is 4.26. The van der Waals surface area contributed by atoms with E-state index < -0.39 is 30.5 Å². The number of amides is 2. The Hall–Kier alpha value is -3.46. The number of carbonyl (C=O) groups excluding carboxylic acids is 1. The molecule has 1 atom stereocenters. The van der Waals surface area contributed by atoms with Crippen LogP contribution < -0.4 is 10.6 Å². The average molecular weight is 387 g/mol. The Kier molecular flexibility index (Phi) is 5.55. The molecular weight excluding hydrogens is 369 g/mol. The highest BCUT2D eigenvalue weighted by Gasteiger charge is 2.20. The quantitative estimate of drug-likeness (QED) is 0.515. The first-order valence-corrected chi connectivity index (χ1v) is 8.45. The summed E-state index contributed by atoms with van der Waals surface area (Å²) in [6.07, 6.45) is -0.165. The Bertz CT molecular complexity index is 1030. The van der Waals surface area contributed by atoms with Crippen LogP contribution in [0.3, 0.4) is 0 Å². The first-order valence-electron chi connectivity index (χ1n) is 8.45. The van der Waals surface area contributed by atoms with Gasteiger partial charge < -0.3 is 25.3 Å². The summed E-state index contributed by atoms with van der Waals surface area (Å²) in [7, 11) is 0. The minimum atomic E-state index is -1.30. The van der Waals surface area contributed by atoms with E-state index in [1.807, 2.05) is 19.1 Å². The van der Waals surface area contributed by atoms with Crippen molar-refractivity contribution in [2.24, 2.45) is 0 Å². The molecule has 0 aliphatic rings. The van der Waals surface area contributed by atoms with Gasteiger partial charge in [-0.25, -0.2) is 19.0 Å². The number of nitrogens with one attached hydrogen (secondary N) is 2. The lowest BCUT2D eigenvalue weighted by molar-refractivity contribution is -0.139. The van der Waals surface area contributed by atoms with E-state index in [4.69, 9.17) is 14.6 Å². The molecular formula is C19H18FN3O5. The van der Waals surface area contributed by atoms with Crippen molar-refractivity contribution < 1.29 is 28.6 Å². The summed E-state index contributed by atoms with van der Waals surface area (Å²) < 4.78 is 20.0. The maximum Gasteiger partial charge on any atom is 0.326 e. The molecule has 0 spiro atoms. The highest BCUT2D eigenvalue weighted by Crippen LogP contribution is 2.27. The minimum Gasteiger partial charge on any atom is -0.480 e. The molecule has 0 saturated carbocycles. The van der Waals surface area contributed by atoms with E-state index in [-0.39, 0.29) is 18.0 Å². The van der Waals surface area contributed by atoms with E-state index in [9.17, 15) is 14.0 Å². The van der Waals surface area contributed by atoms with E-state index in [2.05, 4.69) is 15.6 Å². The third-order valence-electron chi connectivity index (χ3n) is 4.03. The van der Waals surface area contributed by atoms with Crippen molar-refractivity contribution in [2.75, 3.05) is 11.9 Å². The van der Waals surface area contributed by atoms with Crippen molar-refractivity contribution in [1.82, 2.24) is 10.3 Å². The van der Waals surface area contributed by atoms with Crippen LogP contribution in [0.15, 0.2) is 40.8 Å². The van der Waals surface area contributed by atoms with Gasteiger partial charge in [0, 0.05) is 18.6 Å². The molecule has 3 aromatic rings. The molecule has 0 saturated heterocycles. The Morgan fingerprint density at radius 3 is 2.71 bits per heavy atom. The number of aliphatic hydroxyl groups is 1. The van der Waals surface area contributed by atoms with E-state index in [0.717, 1.165) is 11.6 Å². The number of nitrogens with zero attached hydrogens (tertiary/aromatic N) is 1. The highest BCUT2D eigenvalue weighted by molar-refractivity contribution is 5.92. The fraction of sp³-hybridized carbons (Fsp3) is 0.211. The van der Waals surface area contributed by atoms with Crippen LogP contribution in [-0.2, 0) is 4.79 Å². The van der Waals surface area contributed by atoms with Gasteiger partial charge in [-0.05, 0) is 42.8 Å². The summed E-state index contributed by atoms with van der Waals surface area (Å²) in [6.45, 7) is 1.51. The van der Waals surface area contributed by atoms with Crippen LogP contribution >= 0.6 is 0 Å². The number of aromatic nitrogens is 1. The second-order valence-electron chi connectivity index (χ2n) is 6.19. The van der Waals surface area contributed by atoms with Crippen LogP contribution in [0, 0.1) is 12.7 Å². The molecule has 28 heavy (non-hydrogen) atoms. The number of urea groups is 1. The number of fused-ring (bicyclic) bond motifs is 1. The molecule has 1 unspecified atom stereocenters. The summed E-state index contributed by atoms with van der Waals surface area (Å²) in [5, 5.41) is 22.2. The number of carboxylic acids is 1. The maximum absolute atomic E-state index is 14.4. The number of carboxylic acid groups (broad SMARTS) is 1. The van der Waals surface area contributed by atoms with Crippen molar-refractivity contribution >= 4 is 28.8 Å². The standard InChI is InChI=1S/C19H18FN3O5/c1-10-2-5-16-15(8-10)21-17(28-16)11-3-4-13(12(20)9-11)22-19(27)23-14(6-7-24)18(25)26/h2-5,8-9,14,24H,6-7H2,1H3,(H,25,26)(H2,22,23,27). The Morgan fingerprint density at radius 1 is 1.25 bits per heavy atom. The predicted molar refractivity (Wildman–Crippen MR) is 99.4 cm³/mol. The number of hydrogen-bond donors (Lipinski definition) is 4. The number of aliphatic hydroxyl groups excluding tert-OH is 1. The topological polar surface area (TPSA) is 125 Å². The van der Waals surface area contributed by atoms with Gasteiger partial charge in [0.15, 0.2) is 5.58 Å². The Labute approximate surface area is 159 Å². The molecule has 0 aliphatic carbocycles. The zero-order valence-corrected chi connectivity index (χ0v) is 14.9. The Morgan fingerprint density at radius 2 is 2.04 bits per heavy atom. The second-order valence-corrected chi connectivity index (χ2v) is 6.19. The Balaban J connectivity index is 1.76. The van der Waals surface area contributed by atoms with Gasteiger partial charge in [0.2, 0.25) is 5.89 Å². The van der Waals surface area contributed by atoms with E-state index in [1.54, 1.807) is 6.07 Å². The molecule has 8 nitrogen and oxygen atoms in total. The number of benzene rings is 2. The van der Waals surface area contributed by atoms with Crippen molar-refractivity contribution in [1.29, 1.82) is 0 Å². The van der Waals surface area contributed by atoms with Crippen LogP contribution in [0.2, 0.25) is 0 Å². The first kappa shape index (κ1) is 19.3. The maximum atomic E-state index is 14.4. The van der Waals surface area contributed by atoms with Gasteiger partial charge in [-0.1, -0.05) is 6.07 Å². The van der Waals surface area contributed by atoms with Crippen LogP contribution in [0.25, 0.3) is 22.6 Å². The number of halogens is 1. The number of rotatable bonds is 6. The molecule has 2 amide bonds. The van der Waals surface area contributed by atoms with E-state index in [1.165, 1.54) is 12.1 Å². The number of oxazole rings is 1. The van der Waals surface area contributed by atoms with Crippen molar-refractivity contribution in [2.45, 2.75) is 19.4 Å². The fourth-order valence-corrected chi connectivity index (χ4v) is 2.61. The van der Waals surface area contributed by atoms with Gasteiger partial charge in [0.05, 0.1) is 5.69 Å². The molecule has 146 valence electrons. The number of aliphatic carboxylic acids is 1. The normalized spacial score (nSPS) is 12.0. The molecule has 0 radical (unpaired) electrons. The van der Waals surface area contributed by atoms with Gasteiger partial charge in [0.1, 0.15) is 17.4 Å². The number of aryl methyl sites for hydroxylation is 1. The van der Waals surface area contributed by atoms with Crippen molar-refractivity contribution in [3.63, 3.8) is 0 Å². The molecule has 4 N–H and O–H groups in total. The molecule has 0 fully saturated rings. The fourth-order valence-electron chi connectivity index (χ4n) is 2.61. The molecule has 1 aromatic heterocycles. The van der Waals surface area contributed by atoms with E-state index in [0.29, 0.717) is 16.7 Å². The summed E-state index contributed by atoms with van der Waals surface area (Å²) in [4.78, 5) is 27.2. The SMILES string of the molecule is Cc1ccc2oc(-c3ccc(NC(=O)NC(CCO)C(=O)O)c(F)c3)nc2c1. The van der Waals surface area contributed by atoms with Gasteiger partial charge in [0.25, 0.3) is 0 Å². The number of anilines is 1. The van der Waals surface area contributed by atoms with Crippen LogP contribution in [0.4, 0.5) is 14.9 Å². The van der Waals surface area contributed by atoms with Gasteiger partial charge in [-0.2, -0.15) is 0 Å². The van der Waals surface area contributed by atoms with Crippen molar-refractivity contribution in [3.8, 4) is 11.5 Å². The average Bonchev–Trinajstić information content (AvgIpc) is 3.06. The smallest absolute Gasteiger partial charge is 0.326 e. The molecule has 2 aromatic carbocycles. The zero-order valence-electron chi connectivity index (χ0n) is 14.9. The lowest BCUT2D eigenvalue weighted by atomic mass is 10.2. The van der Waals surface area contributed by atoms with Crippen molar-refractivity contribution in [3.05, 3.63) is 47.8 Å². The number of carbonyl (C=O) groups is 2. The molecule has 0 bridgehead atoms. The monoisotopic (exact) mass is 387 g/mol. The van der Waals surface area contributed by atoms with Gasteiger partial charge in [-0.15, -0.1) is 0 Å². The van der Waals surface area contributed by atoms with Crippen LogP contribution in [0.1, 0.15) is 12.0 Å². The first-order chi connectivity index (χ1) is 13.4. The number of hydrogen-bond acceptors (Lipinski definition) is 5. The second kappa shape index (κ2) is 8.05. The minimum absolute atomic E-state index is 0.138. The van der Waals surface area contributed by atoms with Crippen LogP contribution in [0.5, 0.6) is 0 Å². The van der Waals surface area contributed by atoms with Gasteiger partial charge >= 0.3 is 12.0 Å². The lowest BCUT2D eigenvalue weighted by Gasteiger charge is -2.14. The summed E-state index contributed by atoms with van der Waals surface area (Å²) in [6, 6.07) is 7.35. The lowest BCUT2D eigenvalue weighted by Crippen LogP contribution is -2.43. The summed E-state index contributed by atoms with van der Waals surface area (Å²) in [5.41, 5.74) is 2.50. The molecule has 1 heterocycles. The molecule has 3 rings (SSSR count). The highest BCUT2D eigenvalue weighted by atomic mass is 19.1. The predicted octanol–water partition coefficient (Wildman–Crippen LogP) is 2.90. The largest absolute Gasteiger partial charge is 0.480 e. The third-order valence-corrected chi connectivity index (χ3v) is 4.03. The van der Waals surface area contributed by atoms with Gasteiger partial charge in [-0.3, -0.25) is 0 Å². The van der Waals surface area contributed by atoms with Crippen LogP contribution in [-0.4, -0.2) is 39.8 Å².